The van der Waals surface area contributed by atoms with Crippen molar-refractivity contribution >= 4 is 23.0 Å². The van der Waals surface area contributed by atoms with Gasteiger partial charge in [-0.25, -0.2) is 4.98 Å². The van der Waals surface area contributed by atoms with Gasteiger partial charge in [0.15, 0.2) is 0 Å². The van der Waals surface area contributed by atoms with E-state index in [0.29, 0.717) is 5.95 Å². The van der Waals surface area contributed by atoms with Gasteiger partial charge in [-0.05, 0) is 24.6 Å². The Bertz CT molecular complexity index is 545. The number of carboxylic acids is 1. The van der Waals surface area contributed by atoms with Gasteiger partial charge in [0.2, 0.25) is 5.95 Å². The van der Waals surface area contributed by atoms with Gasteiger partial charge in [0.25, 0.3) is 0 Å². The zero-order chi connectivity index (χ0) is 11.7. The SMILES string of the molecule is CNc1nc2cc(C)ccc2n1CC(=O)O. The Labute approximate surface area is 92.7 Å². The van der Waals surface area contributed by atoms with Crippen LogP contribution in [-0.4, -0.2) is 27.7 Å². The van der Waals surface area contributed by atoms with Crippen molar-refractivity contribution in [3.8, 4) is 0 Å². The normalized spacial score (nSPS) is 10.6. The van der Waals surface area contributed by atoms with E-state index in [4.69, 9.17) is 5.11 Å². The molecule has 5 nitrogen and oxygen atoms in total. The molecule has 0 saturated carbocycles. The first-order chi connectivity index (χ1) is 7.61. The maximum atomic E-state index is 10.8. The Hall–Kier alpha value is -2.04. The van der Waals surface area contributed by atoms with Crippen LogP contribution < -0.4 is 5.32 Å². The number of aryl methyl sites for hydroxylation is 1. The first-order valence-corrected chi connectivity index (χ1v) is 4.98. The zero-order valence-electron chi connectivity index (χ0n) is 9.19. The fourth-order valence-electron chi connectivity index (χ4n) is 1.73. The second-order valence-corrected chi connectivity index (χ2v) is 3.66. The Morgan fingerprint density at radius 1 is 1.56 bits per heavy atom. The van der Waals surface area contributed by atoms with Crippen LogP contribution in [0.2, 0.25) is 0 Å². The van der Waals surface area contributed by atoms with Gasteiger partial charge in [-0.15, -0.1) is 0 Å². The quantitative estimate of drug-likeness (QED) is 0.820. The number of aromatic nitrogens is 2. The summed E-state index contributed by atoms with van der Waals surface area (Å²) in [6, 6.07) is 5.78. The number of fused-ring (bicyclic) bond motifs is 1. The van der Waals surface area contributed by atoms with Gasteiger partial charge in [-0.1, -0.05) is 6.07 Å². The highest BCUT2D eigenvalue weighted by atomic mass is 16.4. The molecule has 2 aromatic rings. The van der Waals surface area contributed by atoms with Gasteiger partial charge < -0.3 is 10.4 Å². The lowest BCUT2D eigenvalue weighted by molar-refractivity contribution is -0.137. The van der Waals surface area contributed by atoms with E-state index in [0.717, 1.165) is 16.6 Å². The third-order valence-electron chi connectivity index (χ3n) is 2.42. The van der Waals surface area contributed by atoms with Crippen LogP contribution in [0.25, 0.3) is 11.0 Å². The van der Waals surface area contributed by atoms with Gasteiger partial charge in [0, 0.05) is 7.05 Å². The van der Waals surface area contributed by atoms with Crippen molar-refractivity contribution in [1.29, 1.82) is 0 Å². The predicted molar refractivity (Wildman–Crippen MR) is 61.7 cm³/mol. The number of benzene rings is 1. The molecule has 2 N–H and O–H groups in total. The van der Waals surface area contributed by atoms with Crippen LogP contribution >= 0.6 is 0 Å². The monoisotopic (exact) mass is 219 g/mol. The van der Waals surface area contributed by atoms with Crippen LogP contribution in [0.15, 0.2) is 18.2 Å². The zero-order valence-corrected chi connectivity index (χ0v) is 9.19. The summed E-state index contributed by atoms with van der Waals surface area (Å²) in [5.74, 6) is -0.306. The molecule has 1 aromatic heterocycles. The van der Waals surface area contributed by atoms with Gasteiger partial charge in [-0.3, -0.25) is 9.36 Å². The van der Waals surface area contributed by atoms with Gasteiger partial charge >= 0.3 is 5.97 Å². The summed E-state index contributed by atoms with van der Waals surface area (Å²) >= 11 is 0. The predicted octanol–water partition coefficient (Wildman–Crippen LogP) is 1.47. The lowest BCUT2D eigenvalue weighted by Gasteiger charge is -2.04. The van der Waals surface area contributed by atoms with E-state index in [1.807, 2.05) is 25.1 Å². The van der Waals surface area contributed by atoms with Crippen molar-refractivity contribution in [2.75, 3.05) is 12.4 Å². The molecule has 0 aliphatic carbocycles. The van der Waals surface area contributed by atoms with Crippen molar-refractivity contribution < 1.29 is 9.90 Å². The minimum atomic E-state index is -0.878. The molecule has 84 valence electrons. The fourth-order valence-corrected chi connectivity index (χ4v) is 1.73. The molecule has 0 radical (unpaired) electrons. The van der Waals surface area contributed by atoms with Gasteiger partial charge in [0.05, 0.1) is 11.0 Å². The Balaban J connectivity index is 2.63. The largest absolute Gasteiger partial charge is 0.480 e. The van der Waals surface area contributed by atoms with Crippen molar-refractivity contribution in [2.24, 2.45) is 0 Å². The summed E-state index contributed by atoms with van der Waals surface area (Å²) in [5.41, 5.74) is 2.75. The number of hydrogen-bond donors (Lipinski definition) is 2. The second kappa shape index (κ2) is 3.84. The molecule has 16 heavy (non-hydrogen) atoms. The van der Waals surface area contributed by atoms with Crippen LogP contribution in [0, 0.1) is 6.92 Å². The molecular formula is C11H13N3O2. The Kier molecular flexibility index (Phi) is 2.52. The van der Waals surface area contributed by atoms with E-state index in [-0.39, 0.29) is 6.54 Å². The summed E-state index contributed by atoms with van der Waals surface area (Å²) in [7, 11) is 1.73. The Morgan fingerprint density at radius 3 is 2.94 bits per heavy atom. The van der Waals surface area contributed by atoms with Crippen molar-refractivity contribution in [3.05, 3.63) is 23.8 Å². The lowest BCUT2D eigenvalue weighted by atomic mass is 10.2. The van der Waals surface area contributed by atoms with E-state index in [1.165, 1.54) is 0 Å². The molecule has 2 rings (SSSR count). The van der Waals surface area contributed by atoms with Crippen LogP contribution in [0.4, 0.5) is 5.95 Å². The smallest absolute Gasteiger partial charge is 0.323 e. The maximum absolute atomic E-state index is 10.8. The van der Waals surface area contributed by atoms with E-state index in [1.54, 1.807) is 11.6 Å². The minimum absolute atomic E-state index is 0.0876. The molecule has 0 atom stereocenters. The number of nitrogens with zero attached hydrogens (tertiary/aromatic N) is 2. The molecule has 0 unspecified atom stereocenters. The number of carboxylic acid groups (broad SMARTS) is 1. The highest BCUT2D eigenvalue weighted by Gasteiger charge is 2.11. The molecule has 0 spiro atoms. The van der Waals surface area contributed by atoms with Gasteiger partial charge in [0.1, 0.15) is 6.54 Å². The van der Waals surface area contributed by atoms with Crippen LogP contribution in [0.1, 0.15) is 5.56 Å². The second-order valence-electron chi connectivity index (χ2n) is 3.66. The molecule has 0 aliphatic rings. The van der Waals surface area contributed by atoms with Crippen LogP contribution in [-0.2, 0) is 11.3 Å². The number of anilines is 1. The van der Waals surface area contributed by atoms with Crippen molar-refractivity contribution in [2.45, 2.75) is 13.5 Å². The molecule has 0 amide bonds. The summed E-state index contributed by atoms with van der Waals surface area (Å²) in [6.07, 6.45) is 0. The summed E-state index contributed by atoms with van der Waals surface area (Å²) < 4.78 is 1.65. The van der Waals surface area contributed by atoms with Crippen molar-refractivity contribution in [1.82, 2.24) is 9.55 Å². The summed E-state index contributed by atoms with van der Waals surface area (Å²) in [4.78, 5) is 15.1. The molecule has 0 saturated heterocycles. The lowest BCUT2D eigenvalue weighted by Crippen LogP contribution is -2.11. The molecule has 0 fully saturated rings. The number of carbonyl (C=O) groups is 1. The number of rotatable bonds is 3. The van der Waals surface area contributed by atoms with Gasteiger partial charge in [-0.2, -0.15) is 0 Å². The first-order valence-electron chi connectivity index (χ1n) is 4.98. The van der Waals surface area contributed by atoms with E-state index in [2.05, 4.69) is 10.3 Å². The van der Waals surface area contributed by atoms with Crippen molar-refractivity contribution in [3.63, 3.8) is 0 Å². The molecule has 1 heterocycles. The highest BCUT2D eigenvalue weighted by molar-refractivity contribution is 5.81. The average Bonchev–Trinajstić information content (AvgIpc) is 2.55. The third kappa shape index (κ3) is 1.71. The fraction of sp³-hybridized carbons (Fsp3) is 0.273. The number of nitrogens with one attached hydrogen (secondary N) is 1. The standard InChI is InChI=1S/C11H13N3O2/c1-7-3-4-9-8(5-7)13-11(12-2)14(9)6-10(15)16/h3-5H,6H2,1-2H3,(H,12,13)(H,15,16). The molecule has 0 bridgehead atoms. The Morgan fingerprint density at radius 2 is 2.31 bits per heavy atom. The topological polar surface area (TPSA) is 67.2 Å². The number of hydrogen-bond acceptors (Lipinski definition) is 3. The maximum Gasteiger partial charge on any atom is 0.323 e. The number of imidazole rings is 1. The van der Waals surface area contributed by atoms with E-state index < -0.39 is 5.97 Å². The van der Waals surface area contributed by atoms with E-state index >= 15 is 0 Å². The molecule has 5 heteroatoms. The van der Waals surface area contributed by atoms with Crippen LogP contribution in [0.5, 0.6) is 0 Å². The minimum Gasteiger partial charge on any atom is -0.480 e. The number of aliphatic carboxylic acids is 1. The molecule has 0 aliphatic heterocycles. The molecular weight excluding hydrogens is 206 g/mol. The van der Waals surface area contributed by atoms with E-state index in [9.17, 15) is 4.79 Å². The average molecular weight is 219 g/mol. The third-order valence-corrected chi connectivity index (χ3v) is 2.42. The summed E-state index contributed by atoms with van der Waals surface area (Å²) in [6.45, 7) is 1.89. The first kappa shape index (κ1) is 10.5. The highest BCUT2D eigenvalue weighted by Crippen LogP contribution is 2.20. The van der Waals surface area contributed by atoms with Crippen LogP contribution in [0.3, 0.4) is 0 Å². The molecule has 1 aromatic carbocycles. The summed E-state index contributed by atoms with van der Waals surface area (Å²) in [5, 5.41) is 11.7.